The quantitative estimate of drug-likeness (QED) is 0.410. The molecule has 0 saturated heterocycles. The second-order valence-corrected chi connectivity index (χ2v) is 2.33. The first-order valence-corrected chi connectivity index (χ1v) is 3.12. The summed E-state index contributed by atoms with van der Waals surface area (Å²) in [6.07, 6.45) is 0. The molecule has 0 aliphatic rings. The van der Waals surface area contributed by atoms with Gasteiger partial charge < -0.3 is 9.90 Å². The number of hydrogen-bond donors (Lipinski definition) is 0. The Kier molecular flexibility index (Phi) is 3.93. The van der Waals surface area contributed by atoms with Crippen LogP contribution in [0.1, 0.15) is 30.5 Å². The number of rotatable bonds is 2. The Hall–Kier alpha value is -0.863. The Balaban J connectivity index is 0.00000121. The van der Waals surface area contributed by atoms with Crippen LogP contribution in [0.3, 0.4) is 0 Å². The summed E-state index contributed by atoms with van der Waals surface area (Å²) in [5.74, 6) is -1.59. The molecule has 12 heavy (non-hydrogen) atoms. The van der Waals surface area contributed by atoms with Gasteiger partial charge in [0.1, 0.15) is 5.97 Å². The first-order chi connectivity index (χ1) is 5.13. The largest absolute Gasteiger partial charge is 1.00 e. The van der Waals surface area contributed by atoms with Crippen molar-refractivity contribution >= 4 is 5.97 Å². The molecule has 0 spiro atoms. The van der Waals surface area contributed by atoms with Crippen molar-refractivity contribution in [3.8, 4) is 0 Å². The van der Waals surface area contributed by atoms with E-state index in [4.69, 9.17) is 0 Å². The maximum atomic E-state index is 10.3. The maximum Gasteiger partial charge on any atom is 1.00 e. The van der Waals surface area contributed by atoms with Gasteiger partial charge in [-0.05, 0) is 24.3 Å². The van der Waals surface area contributed by atoms with Crippen molar-refractivity contribution in [2.75, 3.05) is 0 Å². The number of hydrogen-bond acceptors (Lipinski definition) is 5. The minimum Gasteiger partial charge on any atom is -0.541 e. The van der Waals surface area contributed by atoms with Gasteiger partial charge in [0.25, 0.3) is 0 Å². The van der Waals surface area contributed by atoms with E-state index in [9.17, 15) is 9.90 Å². The van der Waals surface area contributed by atoms with Gasteiger partial charge in [-0.3, -0.25) is 0 Å². The van der Waals surface area contributed by atoms with Crippen molar-refractivity contribution in [3.63, 3.8) is 0 Å². The summed E-state index contributed by atoms with van der Waals surface area (Å²) in [7, 11) is 0. The number of nitrogens with zero attached hydrogens (tertiary/aromatic N) is 4. The Morgan fingerprint density at radius 3 is 2.50 bits per heavy atom. The van der Waals surface area contributed by atoms with Crippen LogP contribution in [0.5, 0.6) is 0 Å². The molecule has 1 aromatic rings. The molecule has 1 rings (SSSR count). The van der Waals surface area contributed by atoms with E-state index in [1.165, 1.54) is 4.68 Å². The van der Waals surface area contributed by atoms with E-state index < -0.39 is 5.97 Å². The molecule has 1 heterocycles. The van der Waals surface area contributed by atoms with Crippen LogP contribution in [0.15, 0.2) is 0 Å². The zero-order valence-corrected chi connectivity index (χ0v) is 7.18. The second kappa shape index (κ2) is 4.23. The van der Waals surface area contributed by atoms with Crippen molar-refractivity contribution in [3.05, 3.63) is 5.82 Å². The normalized spacial score (nSPS) is 9.58. The molecular weight excluding hydrogens is 155 g/mol. The zero-order chi connectivity index (χ0) is 8.43. The molecule has 0 unspecified atom stereocenters. The van der Waals surface area contributed by atoms with Gasteiger partial charge >= 0.3 is 18.9 Å². The molecular formula is C5H7LiN4O2. The van der Waals surface area contributed by atoms with Gasteiger partial charge in [0.2, 0.25) is 0 Å². The Bertz CT molecular complexity index is 272. The number of aromatic nitrogens is 4. The molecule has 6 nitrogen and oxygen atoms in total. The minimum atomic E-state index is -1.36. The van der Waals surface area contributed by atoms with Crippen LogP contribution in [0, 0.1) is 0 Å². The van der Waals surface area contributed by atoms with Gasteiger partial charge in [-0.2, -0.15) is 0 Å². The Labute approximate surface area is 81.1 Å². The van der Waals surface area contributed by atoms with Gasteiger partial charge in [-0.25, -0.2) is 4.68 Å². The van der Waals surface area contributed by atoms with Gasteiger partial charge in [0.05, 0.1) is 6.04 Å². The average Bonchev–Trinajstić information content (AvgIpc) is 2.32. The summed E-state index contributed by atoms with van der Waals surface area (Å²) in [6, 6.07) is -0.0714. The minimum absolute atomic E-state index is 0. The van der Waals surface area contributed by atoms with E-state index in [2.05, 4.69) is 15.5 Å². The van der Waals surface area contributed by atoms with Crippen LogP contribution < -0.4 is 24.0 Å². The maximum absolute atomic E-state index is 10.3. The number of carboxylic acids is 1. The third-order valence-corrected chi connectivity index (χ3v) is 1.16. The smallest absolute Gasteiger partial charge is 0.541 e. The number of aromatic carboxylic acids is 1. The fourth-order valence-electron chi connectivity index (χ4n) is 0.676. The summed E-state index contributed by atoms with van der Waals surface area (Å²) in [5.41, 5.74) is 0. The molecule has 60 valence electrons. The van der Waals surface area contributed by atoms with Gasteiger partial charge in [-0.15, -0.1) is 5.10 Å². The number of tetrazole rings is 1. The molecule has 0 bridgehead atoms. The number of carbonyl (C=O) groups excluding carboxylic acids is 1. The van der Waals surface area contributed by atoms with Crippen LogP contribution in [-0.2, 0) is 0 Å². The van der Waals surface area contributed by atoms with Crippen LogP contribution >= 0.6 is 0 Å². The molecule has 0 aliphatic heterocycles. The van der Waals surface area contributed by atoms with Gasteiger partial charge in [0.15, 0.2) is 5.82 Å². The summed E-state index contributed by atoms with van der Waals surface area (Å²) in [5, 5.41) is 20.3. The Morgan fingerprint density at radius 2 is 2.17 bits per heavy atom. The molecule has 0 amide bonds. The third-order valence-electron chi connectivity index (χ3n) is 1.16. The predicted molar refractivity (Wildman–Crippen MR) is 32.5 cm³/mol. The summed E-state index contributed by atoms with van der Waals surface area (Å²) in [6.45, 7) is 3.56. The molecule has 1 aromatic heterocycles. The molecule has 0 radical (unpaired) electrons. The van der Waals surface area contributed by atoms with E-state index in [1.54, 1.807) is 13.8 Å². The van der Waals surface area contributed by atoms with Crippen molar-refractivity contribution in [1.29, 1.82) is 0 Å². The SMILES string of the molecule is CC(C)n1nnnc1C(=O)[O-].[Li+]. The topological polar surface area (TPSA) is 83.7 Å². The Morgan fingerprint density at radius 1 is 1.58 bits per heavy atom. The van der Waals surface area contributed by atoms with Crippen molar-refractivity contribution < 1.29 is 28.8 Å². The third kappa shape index (κ3) is 2.06. The molecule has 0 atom stereocenters. The standard InChI is InChI=1S/C5H8N4O2.Li/c1-3(2)9-4(5(10)11)6-7-8-9;/h3H,1-2H3,(H,10,11);/q;+1/p-1. The van der Waals surface area contributed by atoms with Crippen molar-refractivity contribution in [1.82, 2.24) is 20.2 Å². The average molecular weight is 162 g/mol. The van der Waals surface area contributed by atoms with E-state index >= 15 is 0 Å². The van der Waals surface area contributed by atoms with Gasteiger partial charge in [-0.1, -0.05) is 0 Å². The summed E-state index contributed by atoms with van der Waals surface area (Å²) < 4.78 is 1.19. The summed E-state index contributed by atoms with van der Waals surface area (Å²) in [4.78, 5) is 10.3. The van der Waals surface area contributed by atoms with Crippen LogP contribution in [0.2, 0.25) is 0 Å². The molecule has 0 aromatic carbocycles. The van der Waals surface area contributed by atoms with E-state index in [0.717, 1.165) is 0 Å². The summed E-state index contributed by atoms with van der Waals surface area (Å²) >= 11 is 0. The van der Waals surface area contributed by atoms with Crippen molar-refractivity contribution in [2.24, 2.45) is 0 Å². The van der Waals surface area contributed by atoms with Crippen LogP contribution in [0.4, 0.5) is 0 Å². The molecule has 0 aliphatic carbocycles. The van der Waals surface area contributed by atoms with Crippen molar-refractivity contribution in [2.45, 2.75) is 19.9 Å². The van der Waals surface area contributed by atoms with E-state index in [0.29, 0.717) is 0 Å². The van der Waals surface area contributed by atoms with Crippen LogP contribution in [-0.4, -0.2) is 26.2 Å². The molecule has 7 heteroatoms. The fraction of sp³-hybridized carbons (Fsp3) is 0.600. The first kappa shape index (κ1) is 11.1. The first-order valence-electron chi connectivity index (χ1n) is 3.12. The predicted octanol–water partition coefficient (Wildman–Crippen LogP) is -4.38. The molecule has 0 saturated carbocycles. The van der Waals surface area contributed by atoms with Gasteiger partial charge in [0, 0.05) is 0 Å². The number of carbonyl (C=O) groups is 1. The monoisotopic (exact) mass is 162 g/mol. The number of carboxylic acid groups (broad SMARTS) is 1. The molecule has 0 fully saturated rings. The fourth-order valence-corrected chi connectivity index (χ4v) is 0.676. The molecule has 0 N–H and O–H groups in total. The zero-order valence-electron chi connectivity index (χ0n) is 7.18. The van der Waals surface area contributed by atoms with Crippen LogP contribution in [0.25, 0.3) is 0 Å². The van der Waals surface area contributed by atoms with E-state index in [-0.39, 0.29) is 30.7 Å². The second-order valence-electron chi connectivity index (χ2n) is 2.33. The van der Waals surface area contributed by atoms with E-state index in [1.807, 2.05) is 0 Å².